The van der Waals surface area contributed by atoms with E-state index in [4.69, 9.17) is 9.47 Å². The van der Waals surface area contributed by atoms with Crippen LogP contribution in [0.2, 0.25) is 0 Å². The summed E-state index contributed by atoms with van der Waals surface area (Å²) in [4.78, 5) is 22.4. The molecule has 126 valence electrons. The Labute approximate surface area is 139 Å². The van der Waals surface area contributed by atoms with Crippen molar-refractivity contribution in [3.63, 3.8) is 0 Å². The maximum atomic E-state index is 13.5. The fourth-order valence-corrected chi connectivity index (χ4v) is 2.50. The molecule has 1 fully saturated rings. The number of hydrogen-bond acceptors (Lipinski definition) is 5. The lowest BCUT2D eigenvalue weighted by Crippen LogP contribution is -2.44. The highest BCUT2D eigenvalue weighted by molar-refractivity contribution is 5.78. The first-order valence-electron chi connectivity index (χ1n) is 7.70. The number of carbonyl (C=O) groups is 1. The minimum absolute atomic E-state index is 0.0714. The Morgan fingerprint density at radius 2 is 2.25 bits per heavy atom. The molecule has 1 aromatic heterocycles. The maximum Gasteiger partial charge on any atom is 0.260 e. The van der Waals surface area contributed by atoms with Crippen LogP contribution >= 0.6 is 0 Å². The Balaban J connectivity index is 1.60. The van der Waals surface area contributed by atoms with Crippen molar-refractivity contribution in [1.29, 1.82) is 0 Å². The third kappa shape index (κ3) is 3.86. The third-order valence-corrected chi connectivity index (χ3v) is 3.73. The molecular formula is C17H18FN3O3. The molecule has 1 unspecified atom stereocenters. The molecule has 24 heavy (non-hydrogen) atoms. The summed E-state index contributed by atoms with van der Waals surface area (Å²) >= 11 is 0. The Hall–Kier alpha value is -2.54. The molecule has 2 aromatic rings. The number of rotatable bonds is 4. The van der Waals surface area contributed by atoms with Gasteiger partial charge in [-0.05, 0) is 25.1 Å². The van der Waals surface area contributed by atoms with Crippen molar-refractivity contribution in [3.05, 3.63) is 53.9 Å². The number of halogens is 1. The second-order valence-electron chi connectivity index (χ2n) is 5.45. The summed E-state index contributed by atoms with van der Waals surface area (Å²) in [6.07, 6.45) is 1.38. The van der Waals surface area contributed by atoms with E-state index in [1.807, 2.05) is 0 Å². The van der Waals surface area contributed by atoms with Crippen LogP contribution in [0.5, 0.6) is 5.75 Å². The number of aryl methyl sites for hydroxylation is 1. The van der Waals surface area contributed by atoms with Crippen LogP contribution in [-0.2, 0) is 9.53 Å². The minimum atomic E-state index is -0.485. The van der Waals surface area contributed by atoms with Gasteiger partial charge < -0.3 is 14.4 Å². The highest BCUT2D eigenvalue weighted by atomic mass is 19.1. The van der Waals surface area contributed by atoms with E-state index in [0.717, 1.165) is 5.69 Å². The van der Waals surface area contributed by atoms with Gasteiger partial charge in [-0.25, -0.2) is 14.4 Å². The molecule has 2 heterocycles. The Morgan fingerprint density at radius 3 is 3.04 bits per heavy atom. The van der Waals surface area contributed by atoms with Crippen molar-refractivity contribution in [3.8, 4) is 5.75 Å². The molecule has 1 aliphatic heterocycles. The first kappa shape index (κ1) is 16.3. The van der Waals surface area contributed by atoms with Crippen LogP contribution in [-0.4, -0.2) is 47.1 Å². The average molecular weight is 331 g/mol. The zero-order chi connectivity index (χ0) is 16.9. The first-order chi connectivity index (χ1) is 11.6. The summed E-state index contributed by atoms with van der Waals surface area (Å²) in [5.74, 6) is 0.0310. The number of para-hydroxylation sites is 1. The molecule has 0 spiro atoms. The molecule has 6 nitrogen and oxygen atoms in total. The molecule has 0 saturated carbocycles. The molecule has 1 amide bonds. The maximum absolute atomic E-state index is 13.5. The van der Waals surface area contributed by atoms with Gasteiger partial charge in [-0.15, -0.1) is 0 Å². The normalized spacial score (nSPS) is 17.6. The monoisotopic (exact) mass is 331 g/mol. The van der Waals surface area contributed by atoms with Crippen LogP contribution in [0.3, 0.4) is 0 Å². The van der Waals surface area contributed by atoms with Crippen LogP contribution in [0, 0.1) is 12.7 Å². The smallest absolute Gasteiger partial charge is 0.260 e. The quantitative estimate of drug-likeness (QED) is 0.856. The van der Waals surface area contributed by atoms with Gasteiger partial charge in [-0.2, -0.15) is 0 Å². The number of carbonyl (C=O) groups excluding carboxylic acids is 1. The van der Waals surface area contributed by atoms with Crippen LogP contribution in [0.25, 0.3) is 0 Å². The van der Waals surface area contributed by atoms with Gasteiger partial charge in [0.15, 0.2) is 18.2 Å². The van der Waals surface area contributed by atoms with Crippen molar-refractivity contribution in [2.24, 2.45) is 0 Å². The van der Waals surface area contributed by atoms with Crippen molar-refractivity contribution in [2.45, 2.75) is 13.0 Å². The lowest BCUT2D eigenvalue weighted by molar-refractivity contribution is -0.141. The van der Waals surface area contributed by atoms with E-state index in [0.29, 0.717) is 25.5 Å². The second kappa shape index (κ2) is 7.35. The van der Waals surface area contributed by atoms with Gasteiger partial charge in [0.2, 0.25) is 0 Å². The largest absolute Gasteiger partial charge is 0.481 e. The van der Waals surface area contributed by atoms with Gasteiger partial charge in [-0.1, -0.05) is 12.1 Å². The standard InChI is InChI=1S/C17H18FN3O3/c1-12-19-7-6-14(20-12)16-10-21(8-9-23-16)17(22)11-24-15-5-3-2-4-13(15)18/h2-7,16H,8-11H2,1H3. The van der Waals surface area contributed by atoms with Crippen molar-refractivity contribution in [1.82, 2.24) is 14.9 Å². The van der Waals surface area contributed by atoms with Gasteiger partial charge in [0.25, 0.3) is 5.91 Å². The van der Waals surface area contributed by atoms with Gasteiger partial charge in [0.1, 0.15) is 11.9 Å². The zero-order valence-corrected chi connectivity index (χ0v) is 13.3. The van der Waals surface area contributed by atoms with Crippen LogP contribution < -0.4 is 4.74 Å². The molecule has 1 aliphatic rings. The number of aromatic nitrogens is 2. The van der Waals surface area contributed by atoms with Gasteiger partial charge >= 0.3 is 0 Å². The van der Waals surface area contributed by atoms with E-state index in [1.165, 1.54) is 12.1 Å². The van der Waals surface area contributed by atoms with Crippen molar-refractivity contribution in [2.75, 3.05) is 26.3 Å². The lowest BCUT2D eigenvalue weighted by atomic mass is 10.2. The fraction of sp³-hybridized carbons (Fsp3) is 0.353. The van der Waals surface area contributed by atoms with E-state index < -0.39 is 5.82 Å². The first-order valence-corrected chi connectivity index (χ1v) is 7.70. The predicted molar refractivity (Wildman–Crippen MR) is 83.9 cm³/mol. The van der Waals surface area contributed by atoms with Crippen molar-refractivity contribution >= 4 is 5.91 Å². The van der Waals surface area contributed by atoms with Crippen molar-refractivity contribution < 1.29 is 18.7 Å². The highest BCUT2D eigenvalue weighted by Gasteiger charge is 2.26. The molecule has 0 radical (unpaired) electrons. The Morgan fingerprint density at radius 1 is 1.42 bits per heavy atom. The number of benzene rings is 1. The average Bonchev–Trinajstić information content (AvgIpc) is 2.61. The van der Waals surface area contributed by atoms with Crippen LogP contribution in [0.4, 0.5) is 4.39 Å². The third-order valence-electron chi connectivity index (χ3n) is 3.73. The minimum Gasteiger partial charge on any atom is -0.481 e. The topological polar surface area (TPSA) is 64.6 Å². The number of morpholine rings is 1. The van der Waals surface area contributed by atoms with Crippen LogP contribution in [0.15, 0.2) is 36.5 Å². The van der Waals surface area contributed by atoms with E-state index in [-0.39, 0.29) is 24.4 Å². The Kier molecular flexibility index (Phi) is 5.00. The summed E-state index contributed by atoms with van der Waals surface area (Å²) in [6.45, 7) is 2.86. The summed E-state index contributed by atoms with van der Waals surface area (Å²) in [6, 6.07) is 7.79. The van der Waals surface area contributed by atoms with Gasteiger partial charge in [0, 0.05) is 12.7 Å². The van der Waals surface area contributed by atoms with E-state index >= 15 is 0 Å². The summed E-state index contributed by atoms with van der Waals surface area (Å²) in [7, 11) is 0. The number of nitrogens with zero attached hydrogens (tertiary/aromatic N) is 3. The predicted octanol–water partition coefficient (Wildman–Crippen LogP) is 1.90. The number of ether oxygens (including phenoxy) is 2. The fourth-order valence-electron chi connectivity index (χ4n) is 2.50. The number of hydrogen-bond donors (Lipinski definition) is 0. The summed E-state index contributed by atoms with van der Waals surface area (Å²) in [5, 5.41) is 0. The molecule has 1 aromatic carbocycles. The van der Waals surface area contributed by atoms with E-state index in [1.54, 1.807) is 36.2 Å². The molecule has 3 rings (SSSR count). The molecule has 1 atom stereocenters. The highest BCUT2D eigenvalue weighted by Crippen LogP contribution is 2.21. The Bertz CT molecular complexity index is 726. The van der Waals surface area contributed by atoms with E-state index in [2.05, 4.69) is 9.97 Å². The molecule has 0 aliphatic carbocycles. The number of amides is 1. The second-order valence-corrected chi connectivity index (χ2v) is 5.45. The summed E-state index contributed by atoms with van der Waals surface area (Å²) in [5.41, 5.74) is 0.745. The lowest BCUT2D eigenvalue weighted by Gasteiger charge is -2.32. The van der Waals surface area contributed by atoms with Gasteiger partial charge in [-0.3, -0.25) is 4.79 Å². The van der Waals surface area contributed by atoms with E-state index in [9.17, 15) is 9.18 Å². The molecular weight excluding hydrogens is 313 g/mol. The zero-order valence-electron chi connectivity index (χ0n) is 13.3. The van der Waals surface area contributed by atoms with Gasteiger partial charge in [0.05, 0.1) is 18.8 Å². The SMILES string of the molecule is Cc1nccc(C2CN(C(=O)COc3ccccc3F)CCO2)n1. The molecule has 7 heteroatoms. The molecule has 1 saturated heterocycles. The summed E-state index contributed by atoms with van der Waals surface area (Å²) < 4.78 is 24.5. The molecule has 0 bridgehead atoms. The molecule has 0 N–H and O–H groups in total. The van der Waals surface area contributed by atoms with Crippen LogP contribution in [0.1, 0.15) is 17.6 Å².